The fraction of sp³-hybridized carbons (Fsp3) is 0.304. The van der Waals surface area contributed by atoms with E-state index in [1.807, 2.05) is 0 Å². The number of nitrogens with one attached hydrogen (secondary N) is 1. The lowest BCUT2D eigenvalue weighted by Crippen LogP contribution is -2.33. The number of rotatable bonds is 7. The third-order valence-electron chi connectivity index (χ3n) is 6.55. The van der Waals surface area contributed by atoms with Crippen LogP contribution in [0.1, 0.15) is 40.9 Å². The van der Waals surface area contributed by atoms with Crippen LogP contribution in [0.5, 0.6) is 0 Å². The lowest BCUT2D eigenvalue weighted by atomic mass is 9.98. The number of hydrogen-bond acceptors (Lipinski definition) is 7. The van der Waals surface area contributed by atoms with Gasteiger partial charge in [0, 0.05) is 28.7 Å². The fourth-order valence-electron chi connectivity index (χ4n) is 4.73. The Labute approximate surface area is 204 Å². The van der Waals surface area contributed by atoms with E-state index in [1.165, 1.54) is 23.5 Å². The van der Waals surface area contributed by atoms with E-state index < -0.39 is 9.67 Å². The van der Waals surface area contributed by atoms with Crippen LogP contribution in [0.15, 0.2) is 47.5 Å². The Bertz CT molecular complexity index is 1450. The molecular formula is C23H22BrFN6O2S. The number of hydrogen-bond donors (Lipinski definition) is 2. The van der Waals surface area contributed by atoms with Crippen LogP contribution in [0.4, 0.5) is 10.2 Å². The number of aromatic nitrogens is 4. The van der Waals surface area contributed by atoms with E-state index in [1.54, 1.807) is 29.1 Å². The number of halogens is 2. The van der Waals surface area contributed by atoms with Crippen LogP contribution in [0.3, 0.4) is 0 Å². The summed E-state index contributed by atoms with van der Waals surface area (Å²) < 4.78 is 21.4. The molecule has 2 aromatic heterocycles. The van der Waals surface area contributed by atoms with Crippen LogP contribution < -0.4 is 10.5 Å². The second kappa shape index (κ2) is 8.26. The second-order valence-electron chi connectivity index (χ2n) is 8.86. The van der Waals surface area contributed by atoms with E-state index >= 15 is 0 Å². The molecule has 0 bridgehead atoms. The third-order valence-corrected chi connectivity index (χ3v) is 9.12. The minimum absolute atomic E-state index is 0.170. The molecule has 1 saturated carbocycles. The van der Waals surface area contributed by atoms with E-state index in [0.717, 1.165) is 24.8 Å². The first kappa shape index (κ1) is 21.9. The average Bonchev–Trinajstić information content (AvgIpc) is 3.23. The molecule has 11 heteroatoms. The van der Waals surface area contributed by atoms with E-state index in [2.05, 4.69) is 41.7 Å². The molecule has 34 heavy (non-hydrogen) atoms. The molecule has 6 rings (SSSR count). The highest BCUT2D eigenvalue weighted by atomic mass is 79.9. The SMILES string of the molecule is NS12=CC=1[C@H]([C@@H]1CC[C@H](Nc3ncncc3C(=O)c3ccn(Cc4ccc(F)c(Br)c4)n3)C1)O2. The maximum atomic E-state index is 13.5. The summed E-state index contributed by atoms with van der Waals surface area (Å²) in [4.78, 5) is 22.9. The summed E-state index contributed by atoms with van der Waals surface area (Å²) in [5.41, 5.74) is 1.55. The first-order valence-electron chi connectivity index (χ1n) is 11.0. The summed E-state index contributed by atoms with van der Waals surface area (Å²) >= 11 is 3.19. The quantitative estimate of drug-likeness (QED) is 0.346. The predicted octanol–water partition coefficient (Wildman–Crippen LogP) is 3.41. The Kier molecular flexibility index (Phi) is 5.32. The lowest BCUT2D eigenvalue weighted by Gasteiger charge is -2.29. The summed E-state index contributed by atoms with van der Waals surface area (Å²) in [6.07, 6.45) is 7.83. The number of nitrogens with two attached hydrogens (primary N) is 1. The van der Waals surface area contributed by atoms with Crippen molar-refractivity contribution >= 4 is 47.4 Å². The maximum Gasteiger partial charge on any atom is 0.218 e. The summed E-state index contributed by atoms with van der Waals surface area (Å²) in [5, 5.41) is 16.0. The van der Waals surface area contributed by atoms with Gasteiger partial charge in [0.1, 0.15) is 29.8 Å². The molecule has 4 atom stereocenters. The molecular weight excluding hydrogens is 523 g/mol. The van der Waals surface area contributed by atoms with Gasteiger partial charge in [-0.2, -0.15) is 5.10 Å². The molecule has 3 aliphatic rings. The highest BCUT2D eigenvalue weighted by Crippen LogP contribution is 2.49. The molecule has 1 aromatic carbocycles. The molecule has 3 N–H and O–H groups in total. The average molecular weight is 545 g/mol. The van der Waals surface area contributed by atoms with Crippen LogP contribution in [0.25, 0.3) is 0 Å². The molecule has 8 nitrogen and oxygen atoms in total. The van der Waals surface area contributed by atoms with Gasteiger partial charge in [-0.25, -0.2) is 14.4 Å². The van der Waals surface area contributed by atoms with E-state index in [-0.39, 0.29) is 23.7 Å². The lowest BCUT2D eigenvalue weighted by molar-refractivity contribution is 0.103. The van der Waals surface area contributed by atoms with Gasteiger partial charge < -0.3 is 9.50 Å². The predicted molar refractivity (Wildman–Crippen MR) is 133 cm³/mol. The van der Waals surface area contributed by atoms with Crippen molar-refractivity contribution in [2.75, 3.05) is 5.32 Å². The minimum Gasteiger partial charge on any atom is -0.367 e. The van der Waals surface area contributed by atoms with Gasteiger partial charge in [0.25, 0.3) is 0 Å². The number of carbonyl (C=O) groups excluding carboxylic acids is 1. The van der Waals surface area contributed by atoms with Crippen molar-refractivity contribution < 1.29 is 13.4 Å². The van der Waals surface area contributed by atoms with Gasteiger partial charge in [-0.3, -0.25) is 14.6 Å². The largest absolute Gasteiger partial charge is 0.367 e. The molecule has 3 aromatic rings. The molecule has 0 spiro atoms. The van der Waals surface area contributed by atoms with E-state index in [9.17, 15) is 9.18 Å². The summed E-state index contributed by atoms with van der Waals surface area (Å²) in [6.45, 7) is 0.414. The molecule has 1 aliphatic carbocycles. The number of ketones is 1. The molecule has 2 aliphatic heterocycles. The number of nitrogens with zero attached hydrogens (tertiary/aromatic N) is 4. The summed E-state index contributed by atoms with van der Waals surface area (Å²) in [7, 11) is -1.37. The Balaban J connectivity index is 1.14. The van der Waals surface area contributed by atoms with Gasteiger partial charge in [0.2, 0.25) is 5.78 Å². The highest BCUT2D eigenvalue weighted by molar-refractivity contribution is 9.10. The zero-order chi connectivity index (χ0) is 23.4. The van der Waals surface area contributed by atoms with Crippen LogP contribution in [0, 0.1) is 11.7 Å². The molecule has 0 radical (unpaired) electrons. The smallest absolute Gasteiger partial charge is 0.218 e. The number of benzene rings is 1. The summed E-state index contributed by atoms with van der Waals surface area (Å²) in [5.74, 6) is 0.384. The van der Waals surface area contributed by atoms with Crippen LogP contribution in [0.2, 0.25) is 0 Å². The van der Waals surface area contributed by atoms with Crippen molar-refractivity contribution in [2.24, 2.45) is 11.1 Å². The standard InChI is InChI=1S/C23H22BrFN6O2S/c24-17-7-13(1-4-18(17)25)10-31-6-5-19(30-31)21(32)16-9-27-12-28-23(16)29-15-3-2-14(8-15)22-20-11-34(20,26)33-22/h1,4-7,9,11-12,14-15,22H,2-3,8,10,26H2,(H,27,28,29)/t14-,15+,22+,34?/m1/s1. The van der Waals surface area contributed by atoms with Crippen molar-refractivity contribution in [3.8, 4) is 0 Å². The van der Waals surface area contributed by atoms with Gasteiger partial charge >= 0.3 is 0 Å². The van der Waals surface area contributed by atoms with Crippen molar-refractivity contribution in [1.82, 2.24) is 19.7 Å². The Morgan fingerprint density at radius 2 is 2.24 bits per heavy atom. The Morgan fingerprint density at radius 1 is 1.35 bits per heavy atom. The summed E-state index contributed by atoms with van der Waals surface area (Å²) in [6, 6.07) is 6.65. The van der Waals surface area contributed by atoms with Gasteiger partial charge in [0.05, 0.1) is 16.6 Å². The first-order valence-corrected chi connectivity index (χ1v) is 13.5. The van der Waals surface area contributed by atoms with Crippen LogP contribution >= 0.6 is 25.6 Å². The molecule has 176 valence electrons. The molecule has 1 unspecified atom stereocenters. The minimum atomic E-state index is -1.37. The van der Waals surface area contributed by atoms with E-state index in [0.29, 0.717) is 34.0 Å². The van der Waals surface area contributed by atoms with Crippen molar-refractivity contribution in [3.63, 3.8) is 0 Å². The van der Waals surface area contributed by atoms with Gasteiger partial charge in [-0.05, 0) is 74.5 Å². The Hall–Kier alpha value is -2.60. The molecule has 0 saturated heterocycles. The topological polar surface area (TPSA) is 108 Å². The van der Waals surface area contributed by atoms with Crippen LogP contribution in [-0.4, -0.2) is 47.9 Å². The zero-order valence-corrected chi connectivity index (χ0v) is 20.4. The van der Waals surface area contributed by atoms with Gasteiger partial charge in [-0.15, -0.1) is 0 Å². The van der Waals surface area contributed by atoms with Gasteiger partial charge in [-0.1, -0.05) is 6.07 Å². The number of anilines is 1. The monoisotopic (exact) mass is 544 g/mol. The van der Waals surface area contributed by atoms with Crippen molar-refractivity contribution in [3.05, 3.63) is 70.1 Å². The molecule has 1 fully saturated rings. The third kappa shape index (κ3) is 3.96. The molecule has 0 amide bonds. The Morgan fingerprint density at radius 3 is 3.00 bits per heavy atom. The normalized spacial score (nSPS) is 27.0. The van der Waals surface area contributed by atoms with Gasteiger partial charge in [0.15, 0.2) is 0 Å². The van der Waals surface area contributed by atoms with Crippen LogP contribution in [-0.2, 0) is 10.7 Å². The molecule has 4 heterocycles. The fourth-order valence-corrected chi connectivity index (χ4v) is 7.10. The first-order chi connectivity index (χ1) is 16.4. The van der Waals surface area contributed by atoms with Crippen molar-refractivity contribution in [2.45, 2.75) is 38.0 Å². The number of carbonyl (C=O) groups is 1. The highest BCUT2D eigenvalue weighted by Gasteiger charge is 2.47. The van der Waals surface area contributed by atoms with E-state index in [4.69, 9.17) is 9.32 Å². The van der Waals surface area contributed by atoms with Crippen molar-refractivity contribution in [1.29, 1.82) is 0 Å². The zero-order valence-electron chi connectivity index (χ0n) is 18.0. The second-order valence-corrected chi connectivity index (χ2v) is 11.9. The maximum absolute atomic E-state index is 13.5.